The van der Waals surface area contributed by atoms with E-state index in [0.717, 1.165) is 41.9 Å². The van der Waals surface area contributed by atoms with Crippen LogP contribution in [0.3, 0.4) is 0 Å². The maximum absolute atomic E-state index is 13.3. The summed E-state index contributed by atoms with van der Waals surface area (Å²) in [6, 6.07) is 15.8. The maximum atomic E-state index is 13.3. The van der Waals surface area contributed by atoms with Crippen molar-refractivity contribution in [3.8, 4) is 17.1 Å². The highest BCUT2D eigenvalue weighted by atomic mass is 35.5. The summed E-state index contributed by atoms with van der Waals surface area (Å²) in [6.45, 7) is 0.462. The first-order valence-electron chi connectivity index (χ1n) is 12.7. The second-order valence-electron chi connectivity index (χ2n) is 9.79. The molecule has 1 fully saturated rings. The number of benzene rings is 2. The smallest absolute Gasteiger partial charge is 0.276 e. The van der Waals surface area contributed by atoms with Crippen LogP contribution in [0.5, 0.6) is 5.75 Å². The number of fused-ring (bicyclic) bond motifs is 1. The van der Waals surface area contributed by atoms with Gasteiger partial charge in [-0.2, -0.15) is 9.50 Å². The number of amides is 1. The minimum atomic E-state index is -0.347. The van der Waals surface area contributed by atoms with Gasteiger partial charge in [-0.1, -0.05) is 71.8 Å². The Hall–Kier alpha value is -3.88. The van der Waals surface area contributed by atoms with E-state index in [1.54, 1.807) is 18.2 Å². The number of rotatable bonds is 8. The van der Waals surface area contributed by atoms with Gasteiger partial charge in [0.2, 0.25) is 5.78 Å². The predicted molar refractivity (Wildman–Crippen MR) is 150 cm³/mol. The lowest BCUT2D eigenvalue weighted by Crippen LogP contribution is -2.32. The summed E-state index contributed by atoms with van der Waals surface area (Å²) in [5.41, 5.74) is 2.17. The lowest BCUT2D eigenvalue weighted by Gasteiger charge is -2.22. The van der Waals surface area contributed by atoms with Gasteiger partial charge in [-0.05, 0) is 43.4 Å². The van der Waals surface area contributed by atoms with E-state index in [-0.39, 0.29) is 34.1 Å². The quantitative estimate of drug-likeness (QED) is 0.288. The van der Waals surface area contributed by atoms with Crippen molar-refractivity contribution in [2.45, 2.75) is 32.3 Å². The molecule has 198 valence electrons. The molecule has 39 heavy (non-hydrogen) atoms. The molecule has 0 unspecified atom stereocenters. The van der Waals surface area contributed by atoms with Crippen molar-refractivity contribution in [2.24, 2.45) is 5.41 Å². The Bertz CT molecular complexity index is 1690. The number of aromatic nitrogens is 4. The van der Waals surface area contributed by atoms with E-state index in [1.807, 2.05) is 30.3 Å². The summed E-state index contributed by atoms with van der Waals surface area (Å²) in [4.78, 5) is 33.5. The Labute approximate surface area is 234 Å². The zero-order chi connectivity index (χ0) is 27.0. The molecule has 2 aromatic heterocycles. The van der Waals surface area contributed by atoms with Crippen molar-refractivity contribution < 1.29 is 9.53 Å². The number of H-pyrrole nitrogens is 1. The third-order valence-corrected chi connectivity index (χ3v) is 7.83. The van der Waals surface area contributed by atoms with Crippen LogP contribution in [-0.4, -0.2) is 32.0 Å². The van der Waals surface area contributed by atoms with Crippen molar-refractivity contribution in [3.63, 3.8) is 0 Å². The molecule has 2 aliphatic rings. The molecule has 2 aliphatic carbocycles. The molecule has 0 atom stereocenters. The van der Waals surface area contributed by atoms with E-state index in [0.29, 0.717) is 29.6 Å². The molecule has 10 heteroatoms. The maximum Gasteiger partial charge on any atom is 0.276 e. The summed E-state index contributed by atoms with van der Waals surface area (Å²) in [6.07, 6.45) is 7.94. The van der Waals surface area contributed by atoms with Gasteiger partial charge in [0.05, 0.1) is 16.3 Å². The summed E-state index contributed by atoms with van der Waals surface area (Å²) in [5.74, 6) is 0.715. The Morgan fingerprint density at radius 1 is 1.13 bits per heavy atom. The van der Waals surface area contributed by atoms with Gasteiger partial charge in [-0.15, -0.1) is 5.10 Å². The van der Waals surface area contributed by atoms with E-state index < -0.39 is 0 Å². The molecule has 2 aromatic carbocycles. The second kappa shape index (κ2) is 10.4. The number of hydrogen-bond donors (Lipinski definition) is 2. The minimum Gasteiger partial charge on any atom is -0.486 e. The first-order valence-corrected chi connectivity index (χ1v) is 13.5. The van der Waals surface area contributed by atoms with E-state index in [9.17, 15) is 9.59 Å². The lowest BCUT2D eigenvalue weighted by molar-refractivity contribution is 0.0943. The molecular weight excluding hydrogens is 537 g/mol. The summed E-state index contributed by atoms with van der Waals surface area (Å²) < 4.78 is 7.20. The third kappa shape index (κ3) is 5.10. The van der Waals surface area contributed by atoms with Crippen molar-refractivity contribution in [3.05, 3.63) is 104 Å². The molecule has 6 rings (SSSR count). The average molecular weight is 562 g/mol. The standard InChI is InChI=1S/C29H25Cl2N5O3/c30-21-10-5-4-9-20(21)29(13-14-29)17-32-27(38)25-22(31)11-6-12-23(25)39-16-19-15-24(37)36-28(33-19)34-26(35-36)18-7-2-1-3-8-18/h1-4,6-9,11-12,15H,5,10,13-14,16-17H2,(H,32,38)(H,33,34,35). The molecule has 8 nitrogen and oxygen atoms in total. The van der Waals surface area contributed by atoms with Crippen molar-refractivity contribution in [1.29, 1.82) is 0 Å². The number of nitrogens with zero attached hydrogens (tertiary/aromatic N) is 3. The number of carbonyl (C=O) groups excluding carboxylic acids is 1. The number of halogens is 2. The van der Waals surface area contributed by atoms with Gasteiger partial charge in [-0.3, -0.25) is 9.59 Å². The molecule has 2 heterocycles. The summed E-state index contributed by atoms with van der Waals surface area (Å²) in [5, 5.41) is 8.50. The van der Waals surface area contributed by atoms with Crippen molar-refractivity contribution in [2.75, 3.05) is 6.54 Å². The van der Waals surface area contributed by atoms with Gasteiger partial charge in [0.1, 0.15) is 12.4 Å². The Morgan fingerprint density at radius 3 is 2.72 bits per heavy atom. The Balaban J connectivity index is 1.19. The molecule has 4 aromatic rings. The van der Waals surface area contributed by atoms with Crippen LogP contribution in [0.1, 0.15) is 41.7 Å². The molecule has 2 N–H and O–H groups in total. The monoisotopic (exact) mass is 561 g/mol. The topological polar surface area (TPSA) is 101 Å². The van der Waals surface area contributed by atoms with Gasteiger partial charge in [0, 0.05) is 28.6 Å². The summed E-state index contributed by atoms with van der Waals surface area (Å²) >= 11 is 13.0. The van der Waals surface area contributed by atoms with Crippen molar-refractivity contribution in [1.82, 2.24) is 24.9 Å². The molecular formula is C29H25Cl2N5O3. The van der Waals surface area contributed by atoms with E-state index in [1.165, 1.54) is 10.6 Å². The second-order valence-corrected chi connectivity index (χ2v) is 10.7. The van der Waals surface area contributed by atoms with E-state index in [4.69, 9.17) is 27.9 Å². The Morgan fingerprint density at radius 2 is 1.95 bits per heavy atom. The fraction of sp³-hybridized carbons (Fsp3) is 0.241. The van der Waals surface area contributed by atoms with Crippen LogP contribution in [0.2, 0.25) is 5.02 Å². The number of hydrogen-bond acceptors (Lipinski definition) is 5. The van der Waals surface area contributed by atoms with E-state index in [2.05, 4.69) is 32.5 Å². The minimum absolute atomic E-state index is 0.00286. The number of allylic oxidation sites excluding steroid dienone is 3. The van der Waals surface area contributed by atoms with Gasteiger partial charge in [0.25, 0.3) is 11.5 Å². The van der Waals surface area contributed by atoms with Crippen LogP contribution in [-0.2, 0) is 6.61 Å². The number of nitrogens with one attached hydrogen (secondary N) is 2. The highest BCUT2D eigenvalue weighted by molar-refractivity contribution is 6.34. The van der Waals surface area contributed by atoms with Crippen LogP contribution in [0.4, 0.5) is 0 Å². The Kier molecular flexibility index (Phi) is 6.74. The molecule has 0 bridgehead atoms. The summed E-state index contributed by atoms with van der Waals surface area (Å²) in [7, 11) is 0. The number of aromatic amines is 1. The highest BCUT2D eigenvalue weighted by Crippen LogP contribution is 2.54. The fourth-order valence-corrected chi connectivity index (χ4v) is 5.48. The largest absolute Gasteiger partial charge is 0.486 e. The fourth-order valence-electron chi connectivity index (χ4n) is 4.86. The van der Waals surface area contributed by atoms with Crippen LogP contribution in [0, 0.1) is 5.41 Å². The van der Waals surface area contributed by atoms with Gasteiger partial charge in [-0.25, -0.2) is 0 Å². The van der Waals surface area contributed by atoms with E-state index >= 15 is 0 Å². The van der Waals surface area contributed by atoms with Crippen LogP contribution >= 0.6 is 23.2 Å². The third-order valence-electron chi connectivity index (χ3n) is 7.12. The zero-order valence-corrected chi connectivity index (χ0v) is 22.4. The van der Waals surface area contributed by atoms with Crippen LogP contribution in [0.25, 0.3) is 17.2 Å². The normalized spacial score (nSPS) is 15.9. The first-order chi connectivity index (χ1) is 18.9. The SMILES string of the molecule is O=C(NCC1(C2=C(Cl)CCC=C2)CC1)c1c(Cl)cccc1OCc1cc(=O)n2nc(-c3ccccc3)nc2[nH]1. The molecule has 1 amide bonds. The predicted octanol–water partition coefficient (Wildman–Crippen LogP) is 5.67. The molecule has 0 radical (unpaired) electrons. The van der Waals surface area contributed by atoms with Gasteiger partial charge in [0.15, 0.2) is 5.82 Å². The average Bonchev–Trinajstić information content (AvgIpc) is 3.60. The molecule has 0 aliphatic heterocycles. The molecule has 0 spiro atoms. The van der Waals surface area contributed by atoms with Gasteiger partial charge >= 0.3 is 0 Å². The van der Waals surface area contributed by atoms with Gasteiger partial charge < -0.3 is 15.0 Å². The van der Waals surface area contributed by atoms with Crippen LogP contribution < -0.4 is 15.6 Å². The first kappa shape index (κ1) is 25.4. The lowest BCUT2D eigenvalue weighted by atomic mass is 9.90. The van der Waals surface area contributed by atoms with Crippen molar-refractivity contribution >= 4 is 34.9 Å². The number of carbonyl (C=O) groups is 1. The highest BCUT2D eigenvalue weighted by Gasteiger charge is 2.46. The zero-order valence-electron chi connectivity index (χ0n) is 20.9. The molecule has 1 saturated carbocycles. The molecule has 0 saturated heterocycles. The number of ether oxygens (including phenoxy) is 1. The van der Waals surface area contributed by atoms with Crippen LogP contribution in [0.15, 0.2) is 82.1 Å².